The topological polar surface area (TPSA) is 83.5 Å². The maximum Gasteiger partial charge on any atom is 0.337 e. The lowest BCUT2D eigenvalue weighted by atomic mass is 9.70. The number of aromatic carboxylic acids is 1. The second-order valence-corrected chi connectivity index (χ2v) is 7.38. The van der Waals surface area contributed by atoms with Gasteiger partial charge in [-0.25, -0.2) is 13.2 Å². The van der Waals surface area contributed by atoms with Crippen molar-refractivity contribution in [1.82, 2.24) is 0 Å². The Balaban J connectivity index is 2.17. The van der Waals surface area contributed by atoms with Crippen molar-refractivity contribution in [2.45, 2.75) is 24.2 Å². The lowest BCUT2D eigenvalue weighted by molar-refractivity contribution is 0.0692. The van der Waals surface area contributed by atoms with Crippen LogP contribution in [0.4, 0.5) is 5.69 Å². The SMILES string of the molecule is O=C(O)c1cccc2c1S(=O)(=O)CC1(CCC1)CN2. The number of sulfone groups is 1. The number of carboxylic acid groups (broad SMARTS) is 1. The minimum absolute atomic E-state index is 0.0459. The largest absolute Gasteiger partial charge is 0.478 e. The summed E-state index contributed by atoms with van der Waals surface area (Å²) in [6.07, 6.45) is 2.81. The van der Waals surface area contributed by atoms with Crippen molar-refractivity contribution >= 4 is 21.5 Å². The van der Waals surface area contributed by atoms with Gasteiger partial charge in [-0.15, -0.1) is 0 Å². The van der Waals surface area contributed by atoms with Gasteiger partial charge >= 0.3 is 5.97 Å². The fraction of sp³-hybridized carbons (Fsp3) is 0.462. The van der Waals surface area contributed by atoms with Crippen LogP contribution in [0.25, 0.3) is 0 Å². The molecule has 6 heteroatoms. The maximum atomic E-state index is 12.5. The van der Waals surface area contributed by atoms with E-state index in [0.29, 0.717) is 12.2 Å². The molecule has 1 saturated carbocycles. The van der Waals surface area contributed by atoms with Crippen LogP contribution in [0.2, 0.25) is 0 Å². The predicted octanol–water partition coefficient (Wildman–Crippen LogP) is 1.75. The third-order valence-corrected chi connectivity index (χ3v) is 6.17. The summed E-state index contributed by atoms with van der Waals surface area (Å²) in [7, 11) is -3.57. The maximum absolute atomic E-state index is 12.5. The normalized spacial score (nSPS) is 22.7. The Morgan fingerprint density at radius 1 is 1.32 bits per heavy atom. The first-order valence-corrected chi connectivity index (χ1v) is 7.92. The second kappa shape index (κ2) is 3.96. The van der Waals surface area contributed by atoms with Gasteiger partial charge in [0.2, 0.25) is 0 Å². The Kier molecular flexibility index (Phi) is 2.60. The number of fused-ring (bicyclic) bond motifs is 1. The van der Waals surface area contributed by atoms with Gasteiger partial charge in [-0.05, 0) is 25.0 Å². The highest BCUT2D eigenvalue weighted by molar-refractivity contribution is 7.91. The molecule has 0 aromatic heterocycles. The van der Waals surface area contributed by atoms with Crippen molar-refractivity contribution in [3.8, 4) is 0 Å². The van der Waals surface area contributed by atoms with Crippen molar-refractivity contribution in [2.24, 2.45) is 5.41 Å². The predicted molar refractivity (Wildman–Crippen MR) is 70.2 cm³/mol. The highest BCUT2D eigenvalue weighted by Gasteiger charge is 2.44. The fourth-order valence-corrected chi connectivity index (χ4v) is 5.29. The third kappa shape index (κ3) is 1.90. The molecule has 0 bridgehead atoms. The van der Waals surface area contributed by atoms with E-state index in [-0.39, 0.29) is 21.6 Å². The van der Waals surface area contributed by atoms with Gasteiger partial charge in [0.15, 0.2) is 9.84 Å². The van der Waals surface area contributed by atoms with Gasteiger partial charge in [-0.3, -0.25) is 0 Å². The van der Waals surface area contributed by atoms with Gasteiger partial charge < -0.3 is 10.4 Å². The first kappa shape index (κ1) is 12.5. The van der Waals surface area contributed by atoms with Crippen LogP contribution in [0.1, 0.15) is 29.6 Å². The number of benzene rings is 1. The summed E-state index contributed by atoms with van der Waals surface area (Å²) in [6, 6.07) is 4.56. The molecule has 5 nitrogen and oxygen atoms in total. The molecule has 1 aliphatic carbocycles. The summed E-state index contributed by atoms with van der Waals surface area (Å²) in [4.78, 5) is 11.2. The molecule has 1 spiro atoms. The van der Waals surface area contributed by atoms with E-state index >= 15 is 0 Å². The lowest BCUT2D eigenvalue weighted by Gasteiger charge is -2.40. The Morgan fingerprint density at radius 2 is 2.05 bits per heavy atom. The number of hydrogen-bond donors (Lipinski definition) is 2. The highest BCUT2D eigenvalue weighted by Crippen LogP contribution is 2.46. The highest BCUT2D eigenvalue weighted by atomic mass is 32.2. The Morgan fingerprint density at radius 3 is 2.63 bits per heavy atom. The smallest absolute Gasteiger partial charge is 0.337 e. The summed E-state index contributed by atoms with van der Waals surface area (Å²) in [5, 5.41) is 12.3. The summed E-state index contributed by atoms with van der Waals surface area (Å²) in [5.41, 5.74) is 0.0678. The molecule has 0 amide bonds. The molecule has 2 aliphatic rings. The van der Waals surface area contributed by atoms with Gasteiger partial charge in [-0.1, -0.05) is 12.5 Å². The van der Waals surface area contributed by atoms with Crippen molar-refractivity contribution in [3.05, 3.63) is 23.8 Å². The van der Waals surface area contributed by atoms with E-state index in [1.165, 1.54) is 6.07 Å². The van der Waals surface area contributed by atoms with Crippen molar-refractivity contribution in [2.75, 3.05) is 17.6 Å². The summed E-state index contributed by atoms with van der Waals surface area (Å²) >= 11 is 0. The number of rotatable bonds is 1. The van der Waals surface area contributed by atoms with E-state index in [0.717, 1.165) is 19.3 Å². The zero-order valence-electron chi connectivity index (χ0n) is 10.3. The van der Waals surface area contributed by atoms with E-state index in [9.17, 15) is 18.3 Å². The van der Waals surface area contributed by atoms with E-state index in [1.54, 1.807) is 12.1 Å². The number of nitrogens with one attached hydrogen (secondary N) is 1. The van der Waals surface area contributed by atoms with E-state index in [1.807, 2.05) is 0 Å². The molecule has 0 radical (unpaired) electrons. The molecule has 0 unspecified atom stereocenters. The van der Waals surface area contributed by atoms with Crippen LogP contribution in [-0.2, 0) is 9.84 Å². The molecular formula is C13H15NO4S. The lowest BCUT2D eigenvalue weighted by Crippen LogP contribution is -2.40. The number of hydrogen-bond acceptors (Lipinski definition) is 4. The van der Waals surface area contributed by atoms with Crippen LogP contribution in [0.5, 0.6) is 0 Å². The van der Waals surface area contributed by atoms with Crippen LogP contribution >= 0.6 is 0 Å². The first-order valence-electron chi connectivity index (χ1n) is 6.27. The molecule has 1 fully saturated rings. The molecule has 1 aromatic carbocycles. The zero-order chi connectivity index (χ0) is 13.7. The zero-order valence-corrected chi connectivity index (χ0v) is 11.2. The molecule has 2 N–H and O–H groups in total. The van der Waals surface area contributed by atoms with Crippen LogP contribution in [0.3, 0.4) is 0 Å². The monoisotopic (exact) mass is 281 g/mol. The Hall–Kier alpha value is -1.56. The molecule has 1 heterocycles. The van der Waals surface area contributed by atoms with Gasteiger partial charge in [0.1, 0.15) is 4.90 Å². The summed E-state index contributed by atoms with van der Waals surface area (Å²) in [6.45, 7) is 0.600. The molecule has 3 rings (SSSR count). The fourth-order valence-electron chi connectivity index (χ4n) is 2.99. The Labute approximate surface area is 111 Å². The van der Waals surface area contributed by atoms with Crippen LogP contribution in [0, 0.1) is 5.41 Å². The summed E-state index contributed by atoms with van der Waals surface area (Å²) < 4.78 is 25.0. The molecule has 102 valence electrons. The van der Waals surface area contributed by atoms with Crippen molar-refractivity contribution < 1.29 is 18.3 Å². The van der Waals surface area contributed by atoms with Gasteiger partial charge in [0, 0.05) is 12.0 Å². The van der Waals surface area contributed by atoms with Crippen LogP contribution < -0.4 is 5.32 Å². The first-order chi connectivity index (χ1) is 8.94. The average molecular weight is 281 g/mol. The Bertz CT molecular complexity index is 647. The summed E-state index contributed by atoms with van der Waals surface area (Å²) in [5.74, 6) is -1.16. The van der Waals surface area contributed by atoms with E-state index < -0.39 is 15.8 Å². The molecule has 1 aliphatic heterocycles. The van der Waals surface area contributed by atoms with E-state index in [2.05, 4.69) is 5.32 Å². The molecule has 0 atom stereocenters. The molecule has 0 saturated heterocycles. The average Bonchev–Trinajstić information content (AvgIpc) is 2.43. The quantitative estimate of drug-likeness (QED) is 0.819. The van der Waals surface area contributed by atoms with Gasteiger partial charge in [0.05, 0.1) is 17.0 Å². The van der Waals surface area contributed by atoms with Crippen molar-refractivity contribution in [3.63, 3.8) is 0 Å². The van der Waals surface area contributed by atoms with Crippen molar-refractivity contribution in [1.29, 1.82) is 0 Å². The number of carbonyl (C=O) groups is 1. The minimum Gasteiger partial charge on any atom is -0.478 e. The van der Waals surface area contributed by atoms with Crippen LogP contribution in [-0.4, -0.2) is 31.8 Å². The molecular weight excluding hydrogens is 266 g/mol. The van der Waals surface area contributed by atoms with Crippen LogP contribution in [0.15, 0.2) is 23.1 Å². The third-order valence-electron chi connectivity index (χ3n) is 4.12. The number of anilines is 1. The van der Waals surface area contributed by atoms with Gasteiger partial charge in [-0.2, -0.15) is 0 Å². The minimum atomic E-state index is -3.57. The molecule has 19 heavy (non-hydrogen) atoms. The standard InChI is InChI=1S/C13H15NO4S/c15-12(16)9-3-1-4-10-11(9)19(17,18)8-13(7-14-10)5-2-6-13/h1,3-4,14H,2,5-8H2,(H,15,16). The molecule has 1 aromatic rings. The number of carboxylic acids is 1. The van der Waals surface area contributed by atoms with E-state index in [4.69, 9.17) is 0 Å². The second-order valence-electron chi connectivity index (χ2n) is 5.45. The van der Waals surface area contributed by atoms with Gasteiger partial charge in [0.25, 0.3) is 0 Å².